The lowest BCUT2D eigenvalue weighted by Crippen LogP contribution is -2.49. The Morgan fingerprint density at radius 2 is 1.68 bits per heavy atom. The van der Waals surface area contributed by atoms with Gasteiger partial charge in [0.1, 0.15) is 0 Å². The van der Waals surface area contributed by atoms with Gasteiger partial charge in [0.05, 0.1) is 5.52 Å². The first kappa shape index (κ1) is 17.0. The molecular weight excluding hydrogens is 306 g/mol. The maximum atomic E-state index is 2.62. The Kier molecular flexibility index (Phi) is 4.10. The van der Waals surface area contributed by atoms with Crippen molar-refractivity contribution in [2.45, 2.75) is 65.0 Å². The summed E-state index contributed by atoms with van der Waals surface area (Å²) >= 11 is 0. The van der Waals surface area contributed by atoms with Crippen molar-refractivity contribution in [3.8, 4) is 0 Å². The third kappa shape index (κ3) is 3.19. The highest BCUT2D eigenvalue weighted by molar-refractivity contribution is 5.94. The van der Waals surface area contributed by atoms with Crippen molar-refractivity contribution in [2.75, 3.05) is 31.1 Å². The van der Waals surface area contributed by atoms with Crippen LogP contribution in [0.2, 0.25) is 0 Å². The quantitative estimate of drug-likeness (QED) is 0.795. The fourth-order valence-corrected chi connectivity index (χ4v) is 4.09. The minimum atomic E-state index is 0.182. The molecule has 25 heavy (non-hydrogen) atoms. The van der Waals surface area contributed by atoms with Crippen LogP contribution < -0.4 is 4.90 Å². The number of hydrogen-bond donors (Lipinski definition) is 0. The zero-order valence-electron chi connectivity index (χ0n) is 16.5. The zero-order chi connectivity index (χ0) is 17.8. The van der Waals surface area contributed by atoms with E-state index in [4.69, 9.17) is 0 Å². The molecule has 4 rings (SSSR count). The van der Waals surface area contributed by atoms with Gasteiger partial charge >= 0.3 is 0 Å². The lowest BCUT2D eigenvalue weighted by molar-refractivity contribution is 0.209. The molecule has 2 aromatic rings. The van der Waals surface area contributed by atoms with Gasteiger partial charge in [0.2, 0.25) is 0 Å². The van der Waals surface area contributed by atoms with E-state index in [1.165, 1.54) is 48.1 Å². The summed E-state index contributed by atoms with van der Waals surface area (Å²) in [6.07, 6.45) is 5.00. The lowest BCUT2D eigenvalue weighted by Gasteiger charge is -2.39. The first-order valence-corrected chi connectivity index (χ1v) is 9.98. The predicted molar refractivity (Wildman–Crippen MR) is 108 cm³/mol. The summed E-state index contributed by atoms with van der Waals surface area (Å²) in [7, 11) is 0. The molecule has 136 valence electrons. The number of benzene rings is 1. The number of aromatic nitrogens is 1. The molecular formula is C22H33N3. The van der Waals surface area contributed by atoms with Gasteiger partial charge in [0.25, 0.3) is 0 Å². The summed E-state index contributed by atoms with van der Waals surface area (Å²) in [4.78, 5) is 5.21. The van der Waals surface area contributed by atoms with E-state index in [2.05, 4.69) is 73.4 Å². The smallest absolute Gasteiger partial charge is 0.0506 e. The van der Waals surface area contributed by atoms with Crippen molar-refractivity contribution in [3.05, 3.63) is 30.0 Å². The molecule has 2 heterocycles. The molecule has 1 aromatic heterocycles. The second-order valence-electron chi connectivity index (χ2n) is 9.25. The second-order valence-corrected chi connectivity index (χ2v) is 9.25. The van der Waals surface area contributed by atoms with Crippen LogP contribution >= 0.6 is 0 Å². The molecule has 0 atom stereocenters. The van der Waals surface area contributed by atoms with E-state index in [1.807, 2.05) is 0 Å². The fourth-order valence-electron chi connectivity index (χ4n) is 4.09. The van der Waals surface area contributed by atoms with Gasteiger partial charge in [-0.2, -0.15) is 0 Å². The summed E-state index contributed by atoms with van der Waals surface area (Å²) in [6.45, 7) is 16.2. The first-order valence-electron chi connectivity index (χ1n) is 9.98. The van der Waals surface area contributed by atoms with Crippen LogP contribution in [0.4, 0.5) is 5.69 Å². The van der Waals surface area contributed by atoms with Crippen LogP contribution in [0.25, 0.3) is 10.9 Å². The Bertz CT molecular complexity index is 753. The van der Waals surface area contributed by atoms with E-state index in [1.54, 1.807) is 0 Å². The molecule has 0 bridgehead atoms. The van der Waals surface area contributed by atoms with Crippen LogP contribution in [0.15, 0.2) is 24.4 Å². The van der Waals surface area contributed by atoms with Gasteiger partial charge in [-0.3, -0.25) is 4.90 Å². The number of fused-ring (bicyclic) bond motifs is 1. The van der Waals surface area contributed by atoms with Crippen molar-refractivity contribution in [1.82, 2.24) is 9.47 Å². The van der Waals surface area contributed by atoms with Crippen molar-refractivity contribution in [2.24, 2.45) is 0 Å². The summed E-state index contributed by atoms with van der Waals surface area (Å²) in [5, 5.41) is 1.44. The largest absolute Gasteiger partial charge is 0.368 e. The van der Waals surface area contributed by atoms with E-state index in [9.17, 15) is 0 Å². The van der Waals surface area contributed by atoms with Crippen LogP contribution in [0.3, 0.4) is 0 Å². The van der Waals surface area contributed by atoms with E-state index in [0.717, 1.165) is 19.1 Å². The Labute approximate surface area is 152 Å². The van der Waals surface area contributed by atoms with Gasteiger partial charge in [-0.25, -0.2) is 0 Å². The van der Waals surface area contributed by atoms with Crippen LogP contribution in [-0.2, 0) is 5.41 Å². The highest BCUT2D eigenvalue weighted by Crippen LogP contribution is 2.41. The molecule has 1 aliphatic heterocycles. The van der Waals surface area contributed by atoms with Crippen molar-refractivity contribution >= 4 is 16.6 Å². The monoisotopic (exact) mass is 339 g/mol. The normalized spacial score (nSPS) is 20.0. The highest BCUT2D eigenvalue weighted by Gasteiger charge is 2.28. The third-order valence-electron chi connectivity index (χ3n) is 6.01. The molecule has 1 saturated carbocycles. The van der Waals surface area contributed by atoms with Crippen LogP contribution in [0.5, 0.6) is 0 Å². The van der Waals surface area contributed by atoms with E-state index in [0.29, 0.717) is 6.04 Å². The molecule has 3 nitrogen and oxygen atoms in total. The summed E-state index contributed by atoms with van der Waals surface area (Å²) in [6, 6.07) is 8.65. The lowest BCUT2D eigenvalue weighted by atomic mass is 9.86. The zero-order valence-corrected chi connectivity index (χ0v) is 16.5. The Morgan fingerprint density at radius 1 is 1.00 bits per heavy atom. The molecule has 0 amide bonds. The van der Waals surface area contributed by atoms with Crippen LogP contribution in [0.1, 0.15) is 59.1 Å². The van der Waals surface area contributed by atoms with Crippen molar-refractivity contribution < 1.29 is 0 Å². The van der Waals surface area contributed by atoms with Crippen molar-refractivity contribution in [3.63, 3.8) is 0 Å². The molecule has 0 spiro atoms. The maximum Gasteiger partial charge on any atom is 0.0506 e. The fraction of sp³-hybridized carbons (Fsp3) is 0.636. The Balaban J connectivity index is 1.74. The number of piperazine rings is 1. The van der Waals surface area contributed by atoms with Gasteiger partial charge in [-0.15, -0.1) is 0 Å². The predicted octanol–water partition coefficient (Wildman–Crippen LogP) is 4.80. The van der Waals surface area contributed by atoms with E-state index >= 15 is 0 Å². The summed E-state index contributed by atoms with van der Waals surface area (Å²) in [5.41, 5.74) is 4.53. The second kappa shape index (κ2) is 6.05. The van der Waals surface area contributed by atoms with E-state index in [-0.39, 0.29) is 5.41 Å². The molecule has 0 radical (unpaired) electrons. The minimum absolute atomic E-state index is 0.182. The molecule has 1 saturated heterocycles. The summed E-state index contributed by atoms with van der Waals surface area (Å²) < 4.78 is 2.53. The standard InChI is InChI=1S/C22H33N3/c1-16(2)23-10-12-24(13-11-23)20-14-17(22(3,4)5)15-21-19(20)8-9-25(21)18-6-7-18/h8-9,14-16,18H,6-7,10-13H2,1-5H3. The van der Waals surface area contributed by atoms with E-state index < -0.39 is 0 Å². The molecule has 1 aliphatic carbocycles. The molecule has 0 unspecified atom stereocenters. The molecule has 0 N–H and O–H groups in total. The SMILES string of the molecule is CC(C)N1CCN(c2cc(C(C)(C)C)cc3c2ccn3C2CC2)CC1. The average Bonchev–Trinajstić information content (AvgIpc) is 3.32. The number of hydrogen-bond acceptors (Lipinski definition) is 2. The van der Waals surface area contributed by atoms with Crippen LogP contribution in [-0.4, -0.2) is 41.7 Å². The van der Waals surface area contributed by atoms with Crippen LogP contribution in [0, 0.1) is 0 Å². The molecule has 3 heteroatoms. The average molecular weight is 340 g/mol. The third-order valence-corrected chi connectivity index (χ3v) is 6.01. The minimum Gasteiger partial charge on any atom is -0.368 e. The first-order chi connectivity index (χ1) is 11.8. The highest BCUT2D eigenvalue weighted by atomic mass is 15.3. The van der Waals surface area contributed by atoms with Gasteiger partial charge in [0.15, 0.2) is 0 Å². The maximum absolute atomic E-state index is 2.62. The number of anilines is 1. The topological polar surface area (TPSA) is 11.4 Å². The number of nitrogens with zero attached hydrogens (tertiary/aromatic N) is 3. The molecule has 2 aliphatic rings. The van der Waals surface area contributed by atoms with Gasteiger partial charge in [0, 0.05) is 55.5 Å². The van der Waals surface area contributed by atoms with Crippen molar-refractivity contribution in [1.29, 1.82) is 0 Å². The van der Waals surface area contributed by atoms with Gasteiger partial charge in [-0.1, -0.05) is 20.8 Å². The molecule has 1 aromatic carbocycles. The summed E-state index contributed by atoms with van der Waals surface area (Å²) in [5.74, 6) is 0. The number of rotatable bonds is 3. The Morgan fingerprint density at radius 3 is 2.24 bits per heavy atom. The Hall–Kier alpha value is -1.48. The van der Waals surface area contributed by atoms with Gasteiger partial charge in [-0.05, 0) is 55.9 Å². The molecule has 2 fully saturated rings. The van der Waals surface area contributed by atoms with Gasteiger partial charge < -0.3 is 9.47 Å².